The fourth-order valence-corrected chi connectivity index (χ4v) is 1.87. The van der Waals surface area contributed by atoms with E-state index >= 15 is 0 Å². The van der Waals surface area contributed by atoms with Crippen LogP contribution in [0.4, 0.5) is 10.2 Å². The Morgan fingerprint density at radius 3 is 2.71 bits per heavy atom. The summed E-state index contributed by atoms with van der Waals surface area (Å²) in [4.78, 5) is 0. The van der Waals surface area contributed by atoms with Crippen LogP contribution in [0.2, 0.25) is 0 Å². The number of aryl methyl sites for hydroxylation is 1. The lowest BCUT2D eigenvalue weighted by atomic mass is 10.2. The van der Waals surface area contributed by atoms with Crippen molar-refractivity contribution in [3.63, 3.8) is 0 Å². The molecule has 0 aliphatic rings. The highest BCUT2D eigenvalue weighted by Crippen LogP contribution is 2.24. The highest BCUT2D eigenvalue weighted by atomic mass is 19.1. The zero-order valence-corrected chi connectivity index (χ0v) is 11.8. The average Bonchev–Trinajstić information content (AvgIpc) is 2.80. The molecule has 5 nitrogen and oxygen atoms in total. The second-order valence-electron chi connectivity index (χ2n) is 4.67. The Bertz CT molecular complexity index is 643. The molecule has 2 N–H and O–H groups in total. The summed E-state index contributed by atoms with van der Waals surface area (Å²) in [5.74, 6) is 0.236. The number of nitriles is 1. The minimum atomic E-state index is -0.301. The number of anilines is 1. The van der Waals surface area contributed by atoms with Gasteiger partial charge >= 0.3 is 0 Å². The van der Waals surface area contributed by atoms with Crippen molar-refractivity contribution in [3.8, 4) is 11.9 Å². The number of rotatable bonds is 6. The predicted molar refractivity (Wildman–Crippen MR) is 77.0 cm³/mol. The number of halogens is 1. The van der Waals surface area contributed by atoms with Crippen molar-refractivity contribution < 1.29 is 9.13 Å². The van der Waals surface area contributed by atoms with Crippen molar-refractivity contribution in [1.29, 1.82) is 5.26 Å². The number of nitrogens with two attached hydrogens (primary N) is 1. The zero-order valence-electron chi connectivity index (χ0n) is 11.8. The Labute approximate surface area is 122 Å². The first kappa shape index (κ1) is 14.9. The predicted octanol–water partition coefficient (Wildman–Crippen LogP) is 2.86. The number of hydrogen-bond donors (Lipinski definition) is 1. The third-order valence-corrected chi connectivity index (χ3v) is 3.08. The van der Waals surface area contributed by atoms with Crippen LogP contribution < -0.4 is 10.5 Å². The molecule has 0 saturated heterocycles. The van der Waals surface area contributed by atoms with E-state index in [4.69, 9.17) is 15.7 Å². The van der Waals surface area contributed by atoms with Gasteiger partial charge in [-0.3, -0.25) is 0 Å². The Morgan fingerprint density at radius 1 is 1.38 bits per heavy atom. The summed E-state index contributed by atoms with van der Waals surface area (Å²) in [5.41, 5.74) is 6.93. The quantitative estimate of drug-likeness (QED) is 0.886. The molecule has 0 amide bonds. The van der Waals surface area contributed by atoms with Crippen LogP contribution in [0.3, 0.4) is 0 Å². The molecule has 2 rings (SSSR count). The first-order chi connectivity index (χ1) is 10.2. The topological polar surface area (TPSA) is 76.9 Å². The molecule has 0 unspecified atom stereocenters. The van der Waals surface area contributed by atoms with Crippen molar-refractivity contribution >= 4 is 5.82 Å². The minimum Gasteiger partial charge on any atom is -0.471 e. The van der Waals surface area contributed by atoms with Gasteiger partial charge in [-0.1, -0.05) is 25.5 Å². The fraction of sp³-hybridized carbons (Fsp3) is 0.333. The van der Waals surface area contributed by atoms with Gasteiger partial charge in [0.25, 0.3) is 5.88 Å². The molecule has 0 bridgehead atoms. The lowest BCUT2D eigenvalue weighted by Crippen LogP contribution is -2.05. The number of unbranched alkanes of at least 4 members (excludes halogenated alkanes) is 1. The minimum absolute atomic E-state index is 0.208. The van der Waals surface area contributed by atoms with Crippen LogP contribution in [-0.2, 0) is 13.2 Å². The van der Waals surface area contributed by atoms with Gasteiger partial charge in [-0.2, -0.15) is 5.26 Å². The summed E-state index contributed by atoms with van der Waals surface area (Å²) in [5, 5.41) is 13.4. The number of nitrogen functional groups attached to an aromatic ring is 1. The van der Waals surface area contributed by atoms with E-state index in [1.54, 1.807) is 16.8 Å². The van der Waals surface area contributed by atoms with Crippen LogP contribution in [-0.4, -0.2) is 9.78 Å². The number of nitrogens with zero attached hydrogens (tertiary/aromatic N) is 3. The lowest BCUT2D eigenvalue weighted by Gasteiger charge is -2.03. The molecule has 21 heavy (non-hydrogen) atoms. The monoisotopic (exact) mass is 288 g/mol. The molecule has 0 spiro atoms. The molecule has 0 saturated carbocycles. The lowest BCUT2D eigenvalue weighted by molar-refractivity contribution is 0.288. The van der Waals surface area contributed by atoms with Crippen molar-refractivity contribution in [2.45, 2.75) is 32.9 Å². The highest BCUT2D eigenvalue weighted by molar-refractivity contribution is 5.55. The molecule has 6 heteroatoms. The Hall–Kier alpha value is -2.55. The van der Waals surface area contributed by atoms with Gasteiger partial charge in [0.15, 0.2) is 5.56 Å². The van der Waals surface area contributed by atoms with Gasteiger partial charge in [-0.15, -0.1) is 5.10 Å². The standard InChI is InChI=1S/C15H17FN4O/c1-2-3-8-20-14(18)13(9-17)15(19-20)21-10-11-4-6-12(16)7-5-11/h4-7H,2-3,8,10,18H2,1H3. The summed E-state index contributed by atoms with van der Waals surface area (Å²) in [6, 6.07) is 7.98. The van der Waals surface area contributed by atoms with Gasteiger partial charge < -0.3 is 10.5 Å². The maximum atomic E-state index is 12.8. The summed E-state index contributed by atoms with van der Waals surface area (Å²) in [6.07, 6.45) is 1.93. The second kappa shape index (κ2) is 6.75. The van der Waals surface area contributed by atoms with Crippen LogP contribution >= 0.6 is 0 Å². The van der Waals surface area contributed by atoms with Gasteiger partial charge in [0.1, 0.15) is 24.3 Å². The van der Waals surface area contributed by atoms with E-state index in [0.29, 0.717) is 12.4 Å². The number of benzene rings is 1. The zero-order chi connectivity index (χ0) is 15.2. The second-order valence-corrected chi connectivity index (χ2v) is 4.67. The Morgan fingerprint density at radius 2 is 2.10 bits per heavy atom. The van der Waals surface area contributed by atoms with E-state index < -0.39 is 0 Å². The summed E-state index contributed by atoms with van der Waals surface area (Å²) < 4.78 is 20.0. The van der Waals surface area contributed by atoms with Crippen LogP contribution in [0.25, 0.3) is 0 Å². The largest absolute Gasteiger partial charge is 0.471 e. The molecule has 2 aromatic rings. The molecule has 110 valence electrons. The van der Waals surface area contributed by atoms with Gasteiger partial charge in [0, 0.05) is 6.54 Å². The van der Waals surface area contributed by atoms with Crippen LogP contribution in [0.15, 0.2) is 24.3 Å². The summed E-state index contributed by atoms with van der Waals surface area (Å²) in [7, 11) is 0. The van der Waals surface area contributed by atoms with Crippen LogP contribution in [0.1, 0.15) is 30.9 Å². The third kappa shape index (κ3) is 3.51. The van der Waals surface area contributed by atoms with Crippen molar-refractivity contribution in [2.75, 3.05) is 5.73 Å². The number of hydrogen-bond acceptors (Lipinski definition) is 4. The highest BCUT2D eigenvalue weighted by Gasteiger charge is 2.16. The molecule has 0 aliphatic heterocycles. The first-order valence-electron chi connectivity index (χ1n) is 6.79. The summed E-state index contributed by atoms with van der Waals surface area (Å²) in [6.45, 7) is 2.92. The normalized spacial score (nSPS) is 10.3. The molecule has 0 radical (unpaired) electrons. The third-order valence-electron chi connectivity index (χ3n) is 3.08. The average molecular weight is 288 g/mol. The SMILES string of the molecule is CCCCn1nc(OCc2ccc(F)cc2)c(C#N)c1N. The maximum absolute atomic E-state index is 12.8. The smallest absolute Gasteiger partial charge is 0.253 e. The maximum Gasteiger partial charge on any atom is 0.253 e. The van der Waals surface area contributed by atoms with Crippen molar-refractivity contribution in [1.82, 2.24) is 9.78 Å². The molecule has 1 heterocycles. The van der Waals surface area contributed by atoms with E-state index in [2.05, 4.69) is 12.0 Å². The van der Waals surface area contributed by atoms with Gasteiger partial charge in [0.2, 0.25) is 0 Å². The van der Waals surface area contributed by atoms with E-state index in [-0.39, 0.29) is 23.9 Å². The Kier molecular flexibility index (Phi) is 4.77. The van der Waals surface area contributed by atoms with Crippen LogP contribution in [0, 0.1) is 17.1 Å². The molecular weight excluding hydrogens is 271 g/mol. The Balaban J connectivity index is 2.12. The number of aromatic nitrogens is 2. The van der Waals surface area contributed by atoms with E-state index in [1.165, 1.54) is 12.1 Å². The van der Waals surface area contributed by atoms with Crippen LogP contribution in [0.5, 0.6) is 5.88 Å². The molecule has 0 fully saturated rings. The molecule has 0 atom stereocenters. The molecule has 1 aromatic heterocycles. The fourth-order valence-electron chi connectivity index (χ4n) is 1.87. The van der Waals surface area contributed by atoms with E-state index in [0.717, 1.165) is 18.4 Å². The molecular formula is C15H17FN4O. The number of ether oxygens (including phenoxy) is 1. The first-order valence-corrected chi connectivity index (χ1v) is 6.79. The molecule has 1 aromatic carbocycles. The van der Waals surface area contributed by atoms with Crippen molar-refractivity contribution in [2.24, 2.45) is 0 Å². The van der Waals surface area contributed by atoms with E-state index in [9.17, 15) is 4.39 Å². The van der Waals surface area contributed by atoms with Gasteiger partial charge in [-0.05, 0) is 24.1 Å². The van der Waals surface area contributed by atoms with E-state index in [1.807, 2.05) is 6.07 Å². The molecule has 0 aliphatic carbocycles. The van der Waals surface area contributed by atoms with Gasteiger partial charge in [0.05, 0.1) is 0 Å². The summed E-state index contributed by atoms with van der Waals surface area (Å²) >= 11 is 0. The van der Waals surface area contributed by atoms with Crippen molar-refractivity contribution in [3.05, 3.63) is 41.2 Å². The van der Waals surface area contributed by atoms with Gasteiger partial charge in [-0.25, -0.2) is 9.07 Å².